The first kappa shape index (κ1) is 13.7. The average Bonchev–Trinajstić information content (AvgIpc) is 3.28. The molecule has 0 heterocycles. The van der Waals surface area contributed by atoms with Crippen molar-refractivity contribution in [3.8, 4) is 0 Å². The number of halogens is 1. The Hall–Kier alpha value is -1.25. The van der Waals surface area contributed by atoms with Crippen molar-refractivity contribution < 1.29 is 4.39 Å². The normalized spacial score (nSPS) is 18.7. The fourth-order valence-corrected chi connectivity index (χ4v) is 2.88. The molecule has 0 bridgehead atoms. The van der Waals surface area contributed by atoms with Gasteiger partial charge in [-0.3, -0.25) is 0 Å². The molecule has 3 rings (SSSR count). The number of benzene rings is 1. The maximum Gasteiger partial charge on any atom is 0.148 e. The second-order valence-electron chi connectivity index (χ2n) is 6.72. The fourth-order valence-electron chi connectivity index (χ4n) is 2.88. The van der Waals surface area contributed by atoms with Crippen molar-refractivity contribution in [1.82, 2.24) is 0 Å². The predicted molar refractivity (Wildman–Crippen MR) is 82.8 cm³/mol. The van der Waals surface area contributed by atoms with Gasteiger partial charge in [-0.15, -0.1) is 0 Å². The van der Waals surface area contributed by atoms with E-state index >= 15 is 0 Å². The van der Waals surface area contributed by atoms with Crippen LogP contribution in [-0.2, 0) is 0 Å². The minimum absolute atomic E-state index is 0.128. The van der Waals surface area contributed by atoms with Crippen LogP contribution in [-0.4, -0.2) is 19.1 Å². The number of hydrogen-bond donors (Lipinski definition) is 1. The second-order valence-corrected chi connectivity index (χ2v) is 6.72. The van der Waals surface area contributed by atoms with E-state index in [2.05, 4.69) is 19.2 Å². The first-order chi connectivity index (χ1) is 9.56. The molecule has 2 aliphatic carbocycles. The summed E-state index contributed by atoms with van der Waals surface area (Å²) < 4.78 is 14.3. The largest absolute Gasteiger partial charge is 0.382 e. The molecule has 0 aliphatic heterocycles. The molecule has 3 heteroatoms. The van der Waals surface area contributed by atoms with Crippen LogP contribution in [0.3, 0.4) is 0 Å². The lowest BCUT2D eigenvalue weighted by atomic mass is 10.1. The molecule has 0 atom stereocenters. The van der Waals surface area contributed by atoms with Gasteiger partial charge in [-0.1, -0.05) is 0 Å². The average molecular weight is 276 g/mol. The van der Waals surface area contributed by atoms with E-state index in [-0.39, 0.29) is 5.82 Å². The Morgan fingerprint density at radius 3 is 2.20 bits per heavy atom. The van der Waals surface area contributed by atoms with E-state index in [1.807, 2.05) is 24.1 Å². The number of nitrogens with one attached hydrogen (secondary N) is 1. The lowest BCUT2D eigenvalue weighted by Crippen LogP contribution is -2.27. The second kappa shape index (κ2) is 5.27. The Balaban J connectivity index is 1.72. The van der Waals surface area contributed by atoms with Crippen molar-refractivity contribution in [2.45, 2.75) is 51.6 Å². The zero-order chi connectivity index (χ0) is 14.3. The van der Waals surface area contributed by atoms with E-state index < -0.39 is 0 Å². The summed E-state index contributed by atoms with van der Waals surface area (Å²) in [5.41, 5.74) is 1.62. The summed E-state index contributed by atoms with van der Waals surface area (Å²) in [6.45, 7) is 4.14. The van der Waals surface area contributed by atoms with Crippen molar-refractivity contribution >= 4 is 11.4 Å². The van der Waals surface area contributed by atoms with Crippen LogP contribution in [0.15, 0.2) is 18.2 Å². The molecule has 1 N–H and O–H groups in total. The number of rotatable bonds is 6. The Morgan fingerprint density at radius 2 is 1.75 bits per heavy atom. The van der Waals surface area contributed by atoms with Gasteiger partial charge in [0.05, 0.1) is 5.69 Å². The van der Waals surface area contributed by atoms with E-state index in [1.165, 1.54) is 25.7 Å². The molecular weight excluding hydrogens is 251 g/mol. The van der Waals surface area contributed by atoms with E-state index in [9.17, 15) is 4.39 Å². The van der Waals surface area contributed by atoms with Gasteiger partial charge in [0.25, 0.3) is 0 Å². The zero-order valence-corrected chi connectivity index (χ0v) is 12.7. The first-order valence-corrected chi connectivity index (χ1v) is 7.85. The van der Waals surface area contributed by atoms with Crippen LogP contribution >= 0.6 is 0 Å². The van der Waals surface area contributed by atoms with Gasteiger partial charge in [0.15, 0.2) is 0 Å². The highest BCUT2D eigenvalue weighted by Gasteiger charge is 2.41. The highest BCUT2D eigenvalue weighted by molar-refractivity contribution is 5.57. The van der Waals surface area contributed by atoms with Gasteiger partial charge in [-0.25, -0.2) is 4.39 Å². The quantitative estimate of drug-likeness (QED) is 0.834. The summed E-state index contributed by atoms with van der Waals surface area (Å²) in [6, 6.07) is 6.45. The van der Waals surface area contributed by atoms with Crippen molar-refractivity contribution in [2.75, 3.05) is 17.3 Å². The first-order valence-electron chi connectivity index (χ1n) is 7.85. The predicted octanol–water partition coefficient (Wildman–Crippen LogP) is 4.27. The lowest BCUT2D eigenvalue weighted by molar-refractivity contribution is 0.566. The number of hydrogen-bond acceptors (Lipinski definition) is 2. The third-order valence-electron chi connectivity index (χ3n) is 4.70. The summed E-state index contributed by atoms with van der Waals surface area (Å²) in [5, 5.41) is 3.58. The van der Waals surface area contributed by atoms with E-state index in [0.717, 1.165) is 17.5 Å². The van der Waals surface area contributed by atoms with Crippen LogP contribution in [0.25, 0.3) is 0 Å². The van der Waals surface area contributed by atoms with Gasteiger partial charge in [0, 0.05) is 24.8 Å². The van der Waals surface area contributed by atoms with E-state index in [1.54, 1.807) is 6.07 Å². The van der Waals surface area contributed by atoms with Crippen molar-refractivity contribution in [1.29, 1.82) is 0 Å². The summed E-state index contributed by atoms with van der Waals surface area (Å²) in [5.74, 6) is 1.52. The maximum atomic E-state index is 14.3. The van der Waals surface area contributed by atoms with Gasteiger partial charge in [-0.2, -0.15) is 0 Å². The molecule has 110 valence electrons. The van der Waals surface area contributed by atoms with Crippen LogP contribution in [0.1, 0.15) is 39.5 Å². The SMILES string of the molecule is CC(C)N(C)c1ccc(NC(C2CC2)C2CC2)cc1F. The molecule has 0 amide bonds. The third-order valence-corrected chi connectivity index (χ3v) is 4.70. The molecule has 0 unspecified atom stereocenters. The van der Waals surface area contributed by atoms with Crippen molar-refractivity contribution in [3.05, 3.63) is 24.0 Å². The summed E-state index contributed by atoms with van der Waals surface area (Å²) in [4.78, 5) is 1.97. The molecule has 20 heavy (non-hydrogen) atoms. The lowest BCUT2D eigenvalue weighted by Gasteiger charge is -2.25. The minimum Gasteiger partial charge on any atom is -0.382 e. The molecule has 0 spiro atoms. The minimum atomic E-state index is -0.128. The molecule has 2 aliphatic rings. The van der Waals surface area contributed by atoms with Crippen LogP contribution in [0.2, 0.25) is 0 Å². The summed E-state index contributed by atoms with van der Waals surface area (Å²) in [6.07, 6.45) is 5.35. The van der Waals surface area contributed by atoms with E-state index in [4.69, 9.17) is 0 Å². The smallest absolute Gasteiger partial charge is 0.148 e. The molecule has 1 aromatic carbocycles. The Bertz CT molecular complexity index is 466. The number of nitrogens with zero attached hydrogens (tertiary/aromatic N) is 1. The Morgan fingerprint density at radius 1 is 1.15 bits per heavy atom. The molecule has 2 nitrogen and oxygen atoms in total. The van der Waals surface area contributed by atoms with Crippen LogP contribution < -0.4 is 10.2 Å². The van der Waals surface area contributed by atoms with Gasteiger partial charge in [-0.05, 0) is 69.6 Å². The maximum absolute atomic E-state index is 14.3. The molecule has 0 aromatic heterocycles. The van der Waals surface area contributed by atoms with Crippen molar-refractivity contribution in [3.63, 3.8) is 0 Å². The highest BCUT2D eigenvalue weighted by Crippen LogP contribution is 2.46. The van der Waals surface area contributed by atoms with Crippen LogP contribution in [0.5, 0.6) is 0 Å². The van der Waals surface area contributed by atoms with Crippen LogP contribution in [0.4, 0.5) is 15.8 Å². The van der Waals surface area contributed by atoms with Crippen LogP contribution in [0, 0.1) is 17.7 Å². The third kappa shape index (κ3) is 2.92. The Labute approximate surface area is 121 Å². The Kier molecular flexibility index (Phi) is 3.61. The molecule has 2 fully saturated rings. The fraction of sp³-hybridized carbons (Fsp3) is 0.647. The molecule has 1 aromatic rings. The van der Waals surface area contributed by atoms with E-state index in [0.29, 0.717) is 17.8 Å². The molecule has 0 saturated heterocycles. The molecule has 2 saturated carbocycles. The molecule has 0 radical (unpaired) electrons. The topological polar surface area (TPSA) is 15.3 Å². The van der Waals surface area contributed by atoms with Gasteiger partial charge < -0.3 is 10.2 Å². The molecular formula is C17H25FN2. The highest BCUT2D eigenvalue weighted by atomic mass is 19.1. The van der Waals surface area contributed by atoms with Crippen molar-refractivity contribution in [2.24, 2.45) is 11.8 Å². The zero-order valence-electron chi connectivity index (χ0n) is 12.7. The standard InChI is InChI=1S/C17H25FN2/c1-11(2)20(3)16-9-8-14(10-15(16)18)19-17(12-4-5-12)13-6-7-13/h8-13,17,19H,4-7H2,1-3H3. The monoisotopic (exact) mass is 276 g/mol. The van der Waals surface area contributed by atoms with Gasteiger partial charge in [0.2, 0.25) is 0 Å². The summed E-state index contributed by atoms with van der Waals surface area (Å²) in [7, 11) is 1.94. The van der Waals surface area contributed by atoms with Gasteiger partial charge >= 0.3 is 0 Å². The summed E-state index contributed by atoms with van der Waals surface area (Å²) >= 11 is 0. The number of anilines is 2. The van der Waals surface area contributed by atoms with Gasteiger partial charge in [0.1, 0.15) is 5.82 Å².